The zero-order valence-corrected chi connectivity index (χ0v) is 13.2. The molecular weight excluding hydrogens is 300 g/mol. The van der Waals surface area contributed by atoms with Crippen LogP contribution in [0.4, 0.5) is 0 Å². The van der Waals surface area contributed by atoms with E-state index in [4.69, 9.17) is 14.2 Å². The number of rotatable bonds is 9. The van der Waals surface area contributed by atoms with Crippen LogP contribution in [0, 0.1) is 0 Å². The van der Waals surface area contributed by atoms with Crippen LogP contribution in [0.25, 0.3) is 0 Å². The summed E-state index contributed by atoms with van der Waals surface area (Å²) < 4.78 is 14.8. The normalized spacial score (nSPS) is 13.1. The SMILES string of the molecule is CCOC(=O)/C=C/[C@](COC=O)(C(=O)OCC)c1ccccc1. The monoisotopic (exact) mass is 320 g/mol. The first-order valence-electron chi connectivity index (χ1n) is 7.24. The van der Waals surface area contributed by atoms with Crippen molar-refractivity contribution in [1.82, 2.24) is 0 Å². The van der Waals surface area contributed by atoms with Gasteiger partial charge in [-0.1, -0.05) is 36.4 Å². The number of hydrogen-bond donors (Lipinski definition) is 0. The van der Waals surface area contributed by atoms with E-state index in [2.05, 4.69) is 0 Å². The molecule has 0 bridgehead atoms. The van der Waals surface area contributed by atoms with Gasteiger partial charge in [0.2, 0.25) is 0 Å². The lowest BCUT2D eigenvalue weighted by molar-refractivity contribution is -0.151. The van der Waals surface area contributed by atoms with Crippen LogP contribution in [-0.4, -0.2) is 38.2 Å². The molecule has 0 aromatic heterocycles. The molecular formula is C17H20O6. The second-order valence-corrected chi connectivity index (χ2v) is 4.55. The second-order valence-electron chi connectivity index (χ2n) is 4.55. The van der Waals surface area contributed by atoms with Crippen molar-refractivity contribution in [2.45, 2.75) is 19.3 Å². The van der Waals surface area contributed by atoms with E-state index >= 15 is 0 Å². The van der Waals surface area contributed by atoms with Gasteiger partial charge in [0.1, 0.15) is 12.0 Å². The van der Waals surface area contributed by atoms with E-state index in [1.165, 1.54) is 6.08 Å². The number of esters is 2. The number of carbonyl (C=O) groups excluding carboxylic acids is 3. The molecule has 0 spiro atoms. The smallest absolute Gasteiger partial charge is 0.330 e. The quantitative estimate of drug-likeness (QED) is 0.299. The van der Waals surface area contributed by atoms with Gasteiger partial charge in [0.05, 0.1) is 13.2 Å². The van der Waals surface area contributed by atoms with Crippen LogP contribution in [-0.2, 0) is 34.0 Å². The molecule has 0 heterocycles. The Hall–Kier alpha value is -2.63. The van der Waals surface area contributed by atoms with E-state index in [1.807, 2.05) is 0 Å². The van der Waals surface area contributed by atoms with Crippen molar-refractivity contribution in [2.75, 3.05) is 19.8 Å². The topological polar surface area (TPSA) is 78.9 Å². The van der Waals surface area contributed by atoms with Gasteiger partial charge < -0.3 is 14.2 Å². The summed E-state index contributed by atoms with van der Waals surface area (Å²) in [4.78, 5) is 34.7. The summed E-state index contributed by atoms with van der Waals surface area (Å²) in [5.74, 6) is -1.21. The Morgan fingerprint density at radius 1 is 1.09 bits per heavy atom. The fraction of sp³-hybridized carbons (Fsp3) is 0.353. The van der Waals surface area contributed by atoms with Crippen molar-refractivity contribution >= 4 is 18.4 Å². The van der Waals surface area contributed by atoms with Crippen LogP contribution in [0.1, 0.15) is 19.4 Å². The maximum atomic E-state index is 12.5. The average molecular weight is 320 g/mol. The van der Waals surface area contributed by atoms with Crippen molar-refractivity contribution in [2.24, 2.45) is 0 Å². The fourth-order valence-electron chi connectivity index (χ4n) is 2.03. The predicted octanol–water partition coefficient (Wildman–Crippen LogP) is 1.78. The number of ether oxygens (including phenoxy) is 3. The molecule has 124 valence electrons. The van der Waals surface area contributed by atoms with Gasteiger partial charge in [-0.05, 0) is 19.4 Å². The molecule has 0 saturated carbocycles. The molecule has 0 N–H and O–H groups in total. The molecule has 0 saturated heterocycles. The zero-order valence-electron chi connectivity index (χ0n) is 13.2. The summed E-state index contributed by atoms with van der Waals surface area (Å²) in [5.41, 5.74) is -0.869. The highest BCUT2D eigenvalue weighted by Gasteiger charge is 2.40. The predicted molar refractivity (Wildman–Crippen MR) is 82.5 cm³/mol. The standard InChI is InChI=1S/C17H20O6/c1-3-22-15(19)10-11-17(12-21-13-18,16(20)23-4-2)14-8-6-5-7-9-14/h5-11,13H,3-4,12H2,1-2H3/b11-10+/t17-/m1/s1. The third-order valence-electron chi connectivity index (χ3n) is 3.10. The summed E-state index contributed by atoms with van der Waals surface area (Å²) in [6.45, 7) is 3.68. The van der Waals surface area contributed by atoms with Crippen LogP contribution in [0.2, 0.25) is 0 Å². The van der Waals surface area contributed by atoms with Crippen molar-refractivity contribution in [3.8, 4) is 0 Å². The summed E-state index contributed by atoms with van der Waals surface area (Å²) >= 11 is 0. The highest BCUT2D eigenvalue weighted by Crippen LogP contribution is 2.28. The summed E-state index contributed by atoms with van der Waals surface area (Å²) in [7, 11) is 0. The van der Waals surface area contributed by atoms with E-state index in [-0.39, 0.29) is 26.3 Å². The Labute approximate surface area is 135 Å². The van der Waals surface area contributed by atoms with Crippen molar-refractivity contribution < 1.29 is 28.6 Å². The molecule has 23 heavy (non-hydrogen) atoms. The first-order valence-corrected chi connectivity index (χ1v) is 7.24. The Morgan fingerprint density at radius 3 is 2.30 bits per heavy atom. The minimum absolute atomic E-state index is 0.155. The summed E-state index contributed by atoms with van der Waals surface area (Å²) in [6.07, 6.45) is 2.49. The van der Waals surface area contributed by atoms with E-state index in [1.54, 1.807) is 44.2 Å². The lowest BCUT2D eigenvalue weighted by atomic mass is 9.80. The molecule has 0 fully saturated rings. The third kappa shape index (κ3) is 4.95. The molecule has 1 aromatic carbocycles. The van der Waals surface area contributed by atoms with Crippen molar-refractivity contribution in [1.29, 1.82) is 0 Å². The Balaban J connectivity index is 3.30. The van der Waals surface area contributed by atoms with E-state index in [0.29, 0.717) is 5.56 Å². The van der Waals surface area contributed by atoms with Gasteiger partial charge >= 0.3 is 11.9 Å². The number of hydrogen-bond acceptors (Lipinski definition) is 6. The van der Waals surface area contributed by atoms with E-state index in [0.717, 1.165) is 6.08 Å². The third-order valence-corrected chi connectivity index (χ3v) is 3.10. The van der Waals surface area contributed by atoms with Crippen LogP contribution < -0.4 is 0 Å². The van der Waals surface area contributed by atoms with Crippen molar-refractivity contribution in [3.63, 3.8) is 0 Å². The average Bonchev–Trinajstić information content (AvgIpc) is 2.56. The van der Waals surface area contributed by atoms with E-state index < -0.39 is 17.4 Å². The molecule has 0 radical (unpaired) electrons. The van der Waals surface area contributed by atoms with Gasteiger partial charge in [0.25, 0.3) is 6.47 Å². The lowest BCUT2D eigenvalue weighted by Crippen LogP contribution is -2.40. The highest BCUT2D eigenvalue weighted by atomic mass is 16.5. The van der Waals surface area contributed by atoms with E-state index in [9.17, 15) is 14.4 Å². The minimum atomic E-state index is -1.41. The Bertz CT molecular complexity index is 551. The maximum absolute atomic E-state index is 12.5. The van der Waals surface area contributed by atoms with Gasteiger partial charge in [0.15, 0.2) is 0 Å². The zero-order chi connectivity index (χ0) is 17.1. The molecule has 1 rings (SSSR count). The molecule has 1 atom stereocenters. The molecule has 6 nitrogen and oxygen atoms in total. The van der Waals surface area contributed by atoms with Gasteiger partial charge in [-0.15, -0.1) is 0 Å². The molecule has 0 aliphatic carbocycles. The number of carbonyl (C=O) groups is 3. The van der Waals surface area contributed by atoms with Gasteiger partial charge in [-0.3, -0.25) is 9.59 Å². The highest BCUT2D eigenvalue weighted by molar-refractivity contribution is 5.89. The first kappa shape index (κ1) is 18.4. The Kier molecular flexibility index (Phi) is 7.53. The molecule has 0 aliphatic heterocycles. The van der Waals surface area contributed by atoms with Gasteiger partial charge in [0, 0.05) is 6.08 Å². The van der Waals surface area contributed by atoms with Gasteiger partial charge in [-0.2, -0.15) is 0 Å². The summed E-state index contributed by atoms with van der Waals surface area (Å²) in [5, 5.41) is 0. The van der Waals surface area contributed by atoms with Crippen LogP contribution in [0.3, 0.4) is 0 Å². The van der Waals surface area contributed by atoms with Gasteiger partial charge in [-0.25, -0.2) is 4.79 Å². The summed E-state index contributed by atoms with van der Waals surface area (Å²) in [6, 6.07) is 8.65. The van der Waals surface area contributed by atoms with Crippen LogP contribution >= 0.6 is 0 Å². The molecule has 1 aromatic rings. The van der Waals surface area contributed by atoms with Crippen molar-refractivity contribution in [3.05, 3.63) is 48.0 Å². The molecule has 0 aliphatic rings. The second kappa shape index (κ2) is 9.40. The number of benzene rings is 1. The van der Waals surface area contributed by atoms with Crippen LogP contribution in [0.15, 0.2) is 42.5 Å². The van der Waals surface area contributed by atoms with Crippen LogP contribution in [0.5, 0.6) is 0 Å². The first-order chi connectivity index (χ1) is 11.1. The largest absolute Gasteiger partial charge is 0.466 e. The lowest BCUT2D eigenvalue weighted by Gasteiger charge is -2.27. The minimum Gasteiger partial charge on any atom is -0.466 e. The molecule has 0 amide bonds. The maximum Gasteiger partial charge on any atom is 0.330 e. The fourth-order valence-corrected chi connectivity index (χ4v) is 2.03. The molecule has 6 heteroatoms. The molecule has 0 unspecified atom stereocenters. The Morgan fingerprint density at radius 2 is 1.74 bits per heavy atom.